The van der Waals surface area contributed by atoms with Crippen LogP contribution in [0.4, 0.5) is 0 Å². The van der Waals surface area contributed by atoms with Crippen LogP contribution in [0.1, 0.15) is 54.7 Å². The van der Waals surface area contributed by atoms with Gasteiger partial charge in [0.25, 0.3) is 0 Å². The van der Waals surface area contributed by atoms with E-state index < -0.39 is 5.92 Å². The molecule has 0 aliphatic carbocycles. The van der Waals surface area contributed by atoms with E-state index in [9.17, 15) is 4.79 Å². The molecule has 0 spiro atoms. The van der Waals surface area contributed by atoms with E-state index in [0.717, 1.165) is 30.6 Å². The molecule has 0 amide bonds. The van der Waals surface area contributed by atoms with Crippen LogP contribution in [0.5, 0.6) is 5.75 Å². The maximum Gasteiger partial charge on any atom is 0.314 e. The minimum Gasteiger partial charge on any atom is -0.494 e. The summed E-state index contributed by atoms with van der Waals surface area (Å²) in [6.07, 6.45) is 2.72. The van der Waals surface area contributed by atoms with Crippen LogP contribution in [0.15, 0.2) is 84.9 Å². The molecule has 3 aromatic carbocycles. The van der Waals surface area contributed by atoms with E-state index in [1.807, 2.05) is 36.4 Å². The fourth-order valence-electron chi connectivity index (χ4n) is 3.77. The molecule has 4 nitrogen and oxygen atoms in total. The van der Waals surface area contributed by atoms with Gasteiger partial charge in [0.15, 0.2) is 0 Å². The molecule has 0 saturated heterocycles. The molecule has 1 atom stereocenters. The zero-order valence-corrected chi connectivity index (χ0v) is 18.8. The number of ether oxygens (including phenoxy) is 2. The number of esters is 1. The van der Waals surface area contributed by atoms with Crippen molar-refractivity contribution in [2.75, 3.05) is 19.8 Å². The fraction of sp³-hybridized carbons (Fsp3) is 0.321. The van der Waals surface area contributed by atoms with Crippen LogP contribution in [0.2, 0.25) is 0 Å². The molecular weight excluding hydrogens is 398 g/mol. The van der Waals surface area contributed by atoms with Gasteiger partial charge in [0.2, 0.25) is 0 Å². The minimum absolute atomic E-state index is 0.223. The van der Waals surface area contributed by atoms with Gasteiger partial charge in [0, 0.05) is 12.5 Å². The molecule has 0 heterocycles. The van der Waals surface area contributed by atoms with Crippen molar-refractivity contribution < 1.29 is 14.3 Å². The lowest BCUT2D eigenvalue weighted by Crippen LogP contribution is -2.24. The van der Waals surface area contributed by atoms with Crippen molar-refractivity contribution in [2.24, 2.45) is 5.73 Å². The van der Waals surface area contributed by atoms with Crippen molar-refractivity contribution >= 4 is 5.97 Å². The molecule has 0 saturated carbocycles. The highest BCUT2D eigenvalue weighted by molar-refractivity contribution is 5.78. The molecule has 32 heavy (non-hydrogen) atoms. The first-order valence-electron chi connectivity index (χ1n) is 11.4. The quantitative estimate of drug-likeness (QED) is 0.296. The van der Waals surface area contributed by atoms with Crippen molar-refractivity contribution in [3.63, 3.8) is 0 Å². The predicted molar refractivity (Wildman–Crippen MR) is 129 cm³/mol. The topological polar surface area (TPSA) is 61.5 Å². The van der Waals surface area contributed by atoms with Crippen molar-refractivity contribution in [3.8, 4) is 5.75 Å². The van der Waals surface area contributed by atoms with Gasteiger partial charge >= 0.3 is 5.97 Å². The average molecular weight is 432 g/mol. The molecule has 3 aromatic rings. The Morgan fingerprint density at radius 3 is 1.94 bits per heavy atom. The Labute approximate surface area is 191 Å². The Hall–Kier alpha value is -3.11. The zero-order chi connectivity index (χ0) is 22.6. The summed E-state index contributed by atoms with van der Waals surface area (Å²) in [6.45, 7) is 3.32. The molecule has 0 bridgehead atoms. The number of hydrogen-bond donors (Lipinski definition) is 1. The van der Waals surface area contributed by atoms with E-state index >= 15 is 0 Å². The van der Waals surface area contributed by atoms with Gasteiger partial charge in [0.1, 0.15) is 5.75 Å². The number of carbonyl (C=O) groups is 1. The summed E-state index contributed by atoms with van der Waals surface area (Å²) in [6, 6.07) is 28.6. The molecule has 2 N–H and O–H groups in total. The highest BCUT2D eigenvalue weighted by Crippen LogP contribution is 2.28. The van der Waals surface area contributed by atoms with Crippen molar-refractivity contribution in [1.82, 2.24) is 0 Å². The van der Waals surface area contributed by atoms with Crippen LogP contribution in [0, 0.1) is 0 Å². The standard InChI is InChI=1S/C28H33NO3/c1-2-3-19-32-28(30)27(21-29)24-14-16-25(17-15-24)31-20-18-26(22-10-6-4-7-11-22)23-12-8-5-9-13-23/h4-17,26-27H,2-3,18-21,29H2,1H3. The molecular formula is C28H33NO3. The molecule has 4 heteroatoms. The molecule has 0 aliphatic rings. The van der Waals surface area contributed by atoms with E-state index in [0.29, 0.717) is 13.2 Å². The van der Waals surface area contributed by atoms with Crippen LogP contribution >= 0.6 is 0 Å². The van der Waals surface area contributed by atoms with Crippen molar-refractivity contribution in [1.29, 1.82) is 0 Å². The summed E-state index contributed by atoms with van der Waals surface area (Å²) < 4.78 is 11.4. The number of rotatable bonds is 12. The number of unbranched alkanes of at least 4 members (excludes halogenated alkanes) is 1. The van der Waals surface area contributed by atoms with Crippen LogP contribution in [-0.4, -0.2) is 25.7 Å². The van der Waals surface area contributed by atoms with Crippen molar-refractivity contribution in [2.45, 2.75) is 38.0 Å². The average Bonchev–Trinajstić information content (AvgIpc) is 2.84. The molecule has 0 radical (unpaired) electrons. The highest BCUT2D eigenvalue weighted by Gasteiger charge is 2.20. The number of nitrogens with two attached hydrogens (primary N) is 1. The molecule has 1 unspecified atom stereocenters. The Bertz CT molecular complexity index is 886. The second-order valence-corrected chi connectivity index (χ2v) is 7.89. The zero-order valence-electron chi connectivity index (χ0n) is 18.8. The molecule has 0 fully saturated rings. The summed E-state index contributed by atoms with van der Waals surface area (Å²) in [5.74, 6) is 0.351. The first-order valence-corrected chi connectivity index (χ1v) is 11.4. The third kappa shape index (κ3) is 6.69. The van der Waals surface area contributed by atoms with Gasteiger partial charge in [-0.2, -0.15) is 0 Å². The first-order chi connectivity index (χ1) is 15.7. The monoisotopic (exact) mass is 431 g/mol. The van der Waals surface area contributed by atoms with Gasteiger partial charge in [-0.25, -0.2) is 0 Å². The predicted octanol–water partition coefficient (Wildman–Crippen LogP) is 5.67. The lowest BCUT2D eigenvalue weighted by Gasteiger charge is -2.19. The third-order valence-corrected chi connectivity index (χ3v) is 5.62. The highest BCUT2D eigenvalue weighted by atomic mass is 16.5. The van der Waals surface area contributed by atoms with Gasteiger partial charge in [-0.1, -0.05) is 86.1 Å². The fourth-order valence-corrected chi connectivity index (χ4v) is 3.77. The van der Waals surface area contributed by atoms with Crippen LogP contribution in [-0.2, 0) is 9.53 Å². The maximum absolute atomic E-state index is 12.3. The Balaban J connectivity index is 1.59. The lowest BCUT2D eigenvalue weighted by molar-refractivity contribution is -0.145. The molecule has 0 aromatic heterocycles. The first kappa shape index (κ1) is 23.6. The largest absolute Gasteiger partial charge is 0.494 e. The van der Waals surface area contributed by atoms with E-state index in [1.165, 1.54) is 11.1 Å². The summed E-state index contributed by atoms with van der Waals surface area (Å²) in [7, 11) is 0. The SMILES string of the molecule is CCCCOC(=O)C(CN)c1ccc(OCCC(c2ccccc2)c2ccccc2)cc1. The molecule has 168 valence electrons. The van der Waals surface area contributed by atoms with Crippen LogP contribution < -0.4 is 10.5 Å². The van der Waals surface area contributed by atoms with Gasteiger partial charge < -0.3 is 15.2 Å². The summed E-state index contributed by atoms with van der Waals surface area (Å²) in [5, 5.41) is 0. The maximum atomic E-state index is 12.3. The van der Waals surface area contributed by atoms with E-state index in [1.54, 1.807) is 0 Å². The Morgan fingerprint density at radius 2 is 1.41 bits per heavy atom. The lowest BCUT2D eigenvalue weighted by atomic mass is 9.89. The molecule has 3 rings (SSSR count). The number of carbonyl (C=O) groups excluding carboxylic acids is 1. The Kier molecular flexibility index (Phi) is 9.33. The van der Waals surface area contributed by atoms with Gasteiger partial charge in [-0.05, 0) is 41.7 Å². The second-order valence-electron chi connectivity index (χ2n) is 7.89. The minimum atomic E-state index is -0.443. The summed E-state index contributed by atoms with van der Waals surface area (Å²) in [4.78, 5) is 12.3. The van der Waals surface area contributed by atoms with Gasteiger partial charge in [-0.3, -0.25) is 4.79 Å². The normalized spacial score (nSPS) is 11.8. The smallest absolute Gasteiger partial charge is 0.314 e. The van der Waals surface area contributed by atoms with Crippen LogP contribution in [0.3, 0.4) is 0 Å². The number of benzene rings is 3. The Morgan fingerprint density at radius 1 is 0.812 bits per heavy atom. The third-order valence-electron chi connectivity index (χ3n) is 5.62. The van der Waals surface area contributed by atoms with Gasteiger partial charge in [-0.15, -0.1) is 0 Å². The molecule has 0 aliphatic heterocycles. The number of hydrogen-bond acceptors (Lipinski definition) is 4. The second kappa shape index (κ2) is 12.7. The van der Waals surface area contributed by atoms with Crippen molar-refractivity contribution in [3.05, 3.63) is 102 Å². The van der Waals surface area contributed by atoms with E-state index in [2.05, 4.69) is 55.5 Å². The van der Waals surface area contributed by atoms with E-state index in [-0.39, 0.29) is 18.4 Å². The van der Waals surface area contributed by atoms with Gasteiger partial charge in [0.05, 0.1) is 19.1 Å². The summed E-state index contributed by atoms with van der Waals surface area (Å²) in [5.41, 5.74) is 9.26. The summed E-state index contributed by atoms with van der Waals surface area (Å²) >= 11 is 0. The van der Waals surface area contributed by atoms with E-state index in [4.69, 9.17) is 15.2 Å². The van der Waals surface area contributed by atoms with Crippen LogP contribution in [0.25, 0.3) is 0 Å².